The molecular weight excluding hydrogens is 392 g/mol. The fourth-order valence-electron chi connectivity index (χ4n) is 4.72. The number of amides is 1. The first-order chi connectivity index (χ1) is 15.2. The van der Waals surface area contributed by atoms with Gasteiger partial charge in [-0.25, -0.2) is 4.68 Å². The minimum Gasteiger partial charge on any atom is -0.489 e. The Balaban J connectivity index is 1.50. The van der Waals surface area contributed by atoms with Gasteiger partial charge in [0.25, 0.3) is 0 Å². The molecule has 1 aliphatic heterocycles. The molecule has 2 atom stereocenters. The van der Waals surface area contributed by atoms with Crippen LogP contribution in [0, 0.1) is 0 Å². The van der Waals surface area contributed by atoms with Crippen LogP contribution >= 0.6 is 0 Å². The number of tetrazole rings is 1. The van der Waals surface area contributed by atoms with Crippen molar-refractivity contribution in [2.75, 3.05) is 13.2 Å². The summed E-state index contributed by atoms with van der Waals surface area (Å²) in [5, 5.41) is 15.0. The van der Waals surface area contributed by atoms with Gasteiger partial charge < -0.3 is 10.1 Å². The Labute approximate surface area is 183 Å². The monoisotopic (exact) mass is 424 g/mol. The van der Waals surface area contributed by atoms with E-state index in [4.69, 9.17) is 4.74 Å². The summed E-state index contributed by atoms with van der Waals surface area (Å²) >= 11 is 0. The quantitative estimate of drug-likeness (QED) is 0.518. The largest absolute Gasteiger partial charge is 0.489 e. The highest BCUT2D eigenvalue weighted by molar-refractivity contribution is 5.82. The zero-order chi connectivity index (χ0) is 21.5. The second kappa shape index (κ2) is 10.5. The molecule has 0 unspecified atom stereocenters. The van der Waals surface area contributed by atoms with Gasteiger partial charge in [-0.15, -0.1) is 5.10 Å². The number of hydrogen-bond donors (Lipinski definition) is 1. The number of aromatic nitrogens is 4. The number of nitrogens with one attached hydrogen (secondary N) is 1. The van der Waals surface area contributed by atoms with Crippen molar-refractivity contribution in [2.45, 2.75) is 69.6 Å². The molecule has 0 radical (unpaired) electrons. The number of carbonyl (C=O) groups excluding carboxylic acids is 1. The summed E-state index contributed by atoms with van der Waals surface area (Å²) in [5.74, 6) is 0.947. The van der Waals surface area contributed by atoms with Crippen LogP contribution in [0.5, 0.6) is 5.75 Å². The minimum atomic E-state index is -0.218. The molecule has 1 saturated heterocycles. The molecule has 1 aliphatic carbocycles. The zero-order valence-electron chi connectivity index (χ0n) is 18.0. The van der Waals surface area contributed by atoms with Crippen molar-refractivity contribution >= 4 is 5.91 Å². The van der Waals surface area contributed by atoms with Crippen LogP contribution in [0.3, 0.4) is 0 Å². The Kier molecular flexibility index (Phi) is 7.30. The van der Waals surface area contributed by atoms with Crippen LogP contribution in [0.1, 0.15) is 56.6 Å². The second-order valence-corrected chi connectivity index (χ2v) is 8.53. The van der Waals surface area contributed by atoms with Gasteiger partial charge in [0.05, 0.1) is 12.1 Å². The molecule has 2 fully saturated rings. The van der Waals surface area contributed by atoms with Crippen molar-refractivity contribution in [1.82, 2.24) is 30.4 Å². The first-order valence-corrected chi connectivity index (χ1v) is 11.3. The van der Waals surface area contributed by atoms with Gasteiger partial charge in [-0.2, -0.15) is 0 Å². The van der Waals surface area contributed by atoms with Crippen LogP contribution in [-0.2, 0) is 11.3 Å². The van der Waals surface area contributed by atoms with Crippen molar-refractivity contribution in [3.8, 4) is 5.75 Å². The molecule has 31 heavy (non-hydrogen) atoms. The molecule has 4 rings (SSSR count). The number of hydrogen-bond acceptors (Lipinski definition) is 6. The lowest BCUT2D eigenvalue weighted by Gasteiger charge is -2.26. The lowest BCUT2D eigenvalue weighted by molar-refractivity contribution is -0.126. The molecule has 8 heteroatoms. The lowest BCUT2D eigenvalue weighted by atomic mass is 10.1. The number of ether oxygens (including phenoxy) is 1. The van der Waals surface area contributed by atoms with Crippen molar-refractivity contribution in [1.29, 1.82) is 0 Å². The van der Waals surface area contributed by atoms with E-state index in [1.54, 1.807) is 17.1 Å². The van der Waals surface area contributed by atoms with Crippen molar-refractivity contribution < 1.29 is 9.53 Å². The fraction of sp³-hybridized carbons (Fsp3) is 0.565. The summed E-state index contributed by atoms with van der Waals surface area (Å²) in [6, 6.07) is 8.13. The minimum absolute atomic E-state index is 0.0705. The molecule has 0 bridgehead atoms. The first kappa shape index (κ1) is 21.5. The number of carbonyl (C=O) groups is 1. The van der Waals surface area contributed by atoms with Gasteiger partial charge in [-0.3, -0.25) is 9.69 Å². The summed E-state index contributed by atoms with van der Waals surface area (Å²) in [6.45, 7) is 5.53. The van der Waals surface area contributed by atoms with E-state index in [-0.39, 0.29) is 24.0 Å². The second-order valence-electron chi connectivity index (χ2n) is 8.53. The number of nitrogens with zero attached hydrogens (tertiary/aromatic N) is 5. The standard InChI is InChI=1S/C23H32N6O2/c1-2-13-31-22-12-8-7-9-18(22)15-28-16-20(29-17-24-26-27-29)14-21(28)23(30)25-19-10-5-3-4-6-11-19/h2,7-9,12,17,19-21H,1,3-6,10-11,13-16H2,(H,25,30)/t20-,21+/m1/s1. The highest BCUT2D eigenvalue weighted by atomic mass is 16.5. The maximum absolute atomic E-state index is 13.3. The predicted molar refractivity (Wildman–Crippen MR) is 117 cm³/mol. The molecule has 2 heterocycles. The third kappa shape index (κ3) is 5.50. The smallest absolute Gasteiger partial charge is 0.237 e. The molecule has 1 aromatic carbocycles. The number of likely N-dealkylation sites (tertiary alicyclic amines) is 1. The van der Waals surface area contributed by atoms with Crippen molar-refractivity contribution in [3.05, 3.63) is 48.8 Å². The van der Waals surface area contributed by atoms with E-state index in [1.807, 2.05) is 18.2 Å². The van der Waals surface area contributed by atoms with Gasteiger partial charge in [0.2, 0.25) is 5.91 Å². The first-order valence-electron chi connectivity index (χ1n) is 11.3. The zero-order valence-corrected chi connectivity index (χ0v) is 18.0. The summed E-state index contributed by atoms with van der Waals surface area (Å²) in [7, 11) is 0. The summed E-state index contributed by atoms with van der Waals surface area (Å²) in [4.78, 5) is 15.6. The van der Waals surface area contributed by atoms with E-state index >= 15 is 0 Å². The Bertz CT molecular complexity index is 848. The Morgan fingerprint density at radius 1 is 1.23 bits per heavy atom. The predicted octanol–water partition coefficient (Wildman–Crippen LogP) is 2.89. The molecule has 2 aliphatic rings. The molecule has 2 aromatic rings. The Morgan fingerprint density at radius 3 is 2.77 bits per heavy atom. The van der Waals surface area contributed by atoms with E-state index < -0.39 is 0 Å². The van der Waals surface area contributed by atoms with Crippen LogP contribution in [0.2, 0.25) is 0 Å². The summed E-state index contributed by atoms with van der Waals surface area (Å²) < 4.78 is 7.61. The highest BCUT2D eigenvalue weighted by Crippen LogP contribution is 2.31. The normalized spacial score (nSPS) is 22.7. The molecule has 0 spiro atoms. The molecule has 1 amide bonds. The van der Waals surface area contributed by atoms with Gasteiger partial charge >= 0.3 is 0 Å². The van der Waals surface area contributed by atoms with Gasteiger partial charge in [0.15, 0.2) is 0 Å². The molecule has 1 N–H and O–H groups in total. The molecule has 8 nitrogen and oxygen atoms in total. The van der Waals surface area contributed by atoms with Gasteiger partial charge in [-0.1, -0.05) is 56.5 Å². The van der Waals surface area contributed by atoms with Crippen LogP contribution in [0.4, 0.5) is 0 Å². The van der Waals surface area contributed by atoms with E-state index in [9.17, 15) is 4.79 Å². The Morgan fingerprint density at radius 2 is 2.03 bits per heavy atom. The molecule has 1 aromatic heterocycles. The van der Waals surface area contributed by atoms with Crippen molar-refractivity contribution in [2.24, 2.45) is 0 Å². The lowest BCUT2D eigenvalue weighted by Crippen LogP contribution is -2.46. The van der Waals surface area contributed by atoms with Crippen LogP contribution < -0.4 is 10.1 Å². The van der Waals surface area contributed by atoms with Crippen LogP contribution in [-0.4, -0.2) is 56.2 Å². The van der Waals surface area contributed by atoms with E-state index in [0.29, 0.717) is 26.1 Å². The SMILES string of the molecule is C=CCOc1ccccc1CN1C[C@H](n2cnnn2)C[C@H]1C(=O)NC1CCCCCC1. The maximum atomic E-state index is 13.3. The third-order valence-electron chi connectivity index (χ3n) is 6.33. The van der Waals surface area contributed by atoms with Crippen LogP contribution in [0.25, 0.3) is 0 Å². The average Bonchev–Trinajstić information content (AvgIpc) is 3.39. The third-order valence-corrected chi connectivity index (χ3v) is 6.33. The molecule has 166 valence electrons. The average molecular weight is 425 g/mol. The summed E-state index contributed by atoms with van der Waals surface area (Å²) in [5.41, 5.74) is 1.06. The maximum Gasteiger partial charge on any atom is 0.237 e. The van der Waals surface area contributed by atoms with E-state index in [2.05, 4.69) is 38.4 Å². The molecule has 1 saturated carbocycles. The highest BCUT2D eigenvalue weighted by Gasteiger charge is 2.39. The summed E-state index contributed by atoms with van der Waals surface area (Å²) in [6.07, 6.45) is 11.1. The number of benzene rings is 1. The van der Waals surface area contributed by atoms with E-state index in [0.717, 1.165) is 24.2 Å². The van der Waals surface area contributed by atoms with Crippen LogP contribution in [0.15, 0.2) is 43.2 Å². The number of rotatable bonds is 8. The fourth-order valence-corrected chi connectivity index (χ4v) is 4.72. The van der Waals surface area contributed by atoms with Gasteiger partial charge in [-0.05, 0) is 35.8 Å². The Hall–Kier alpha value is -2.74. The van der Waals surface area contributed by atoms with Gasteiger partial charge in [0, 0.05) is 24.7 Å². The van der Waals surface area contributed by atoms with Gasteiger partial charge in [0.1, 0.15) is 18.7 Å². The molecular formula is C23H32N6O2. The topological polar surface area (TPSA) is 85.2 Å². The van der Waals surface area contributed by atoms with E-state index in [1.165, 1.54) is 25.7 Å². The van der Waals surface area contributed by atoms with Crippen molar-refractivity contribution in [3.63, 3.8) is 0 Å². The number of para-hydroxylation sites is 1.